The lowest BCUT2D eigenvalue weighted by Crippen LogP contribution is -2.30. The van der Waals surface area contributed by atoms with E-state index in [1.165, 1.54) is 31.2 Å². The van der Waals surface area contributed by atoms with E-state index < -0.39 is 23.8 Å². The quantitative estimate of drug-likeness (QED) is 0.859. The lowest BCUT2D eigenvalue weighted by molar-refractivity contribution is -0.123. The van der Waals surface area contributed by atoms with E-state index in [-0.39, 0.29) is 16.3 Å². The van der Waals surface area contributed by atoms with Crippen LogP contribution in [-0.4, -0.2) is 18.0 Å². The molecule has 24 heavy (non-hydrogen) atoms. The SMILES string of the molecule is C[C@H](OC(=O)c1cccc(C#N)c1)C(=O)Nc1ccc(F)c(Cl)c1. The standard InChI is InChI=1S/C17H12ClFN2O3/c1-10(16(22)21-13-5-6-15(19)14(18)8-13)24-17(23)12-4-2-3-11(7-12)9-20/h2-8,10H,1H3,(H,21,22)/t10-/m0/s1. The van der Waals surface area contributed by atoms with E-state index in [1.807, 2.05) is 6.07 Å². The molecule has 1 amide bonds. The average molecular weight is 347 g/mol. The van der Waals surface area contributed by atoms with Crippen LogP contribution in [0.1, 0.15) is 22.8 Å². The molecule has 1 N–H and O–H groups in total. The Kier molecular flexibility index (Phi) is 5.51. The van der Waals surface area contributed by atoms with Crippen molar-refractivity contribution in [3.05, 3.63) is 64.4 Å². The average Bonchev–Trinajstić information content (AvgIpc) is 2.58. The Hall–Kier alpha value is -2.91. The lowest BCUT2D eigenvalue weighted by atomic mass is 10.1. The maximum atomic E-state index is 13.1. The van der Waals surface area contributed by atoms with Crippen molar-refractivity contribution in [3.8, 4) is 6.07 Å². The third-order valence-corrected chi connectivity index (χ3v) is 3.36. The molecule has 0 saturated carbocycles. The van der Waals surface area contributed by atoms with Gasteiger partial charge in [-0.1, -0.05) is 17.7 Å². The molecular formula is C17H12ClFN2O3. The molecule has 122 valence electrons. The summed E-state index contributed by atoms with van der Waals surface area (Å²) in [5, 5.41) is 11.2. The summed E-state index contributed by atoms with van der Waals surface area (Å²) >= 11 is 5.63. The van der Waals surface area contributed by atoms with Crippen LogP contribution in [0.4, 0.5) is 10.1 Å². The van der Waals surface area contributed by atoms with Gasteiger partial charge in [0.25, 0.3) is 5.91 Å². The summed E-state index contributed by atoms with van der Waals surface area (Å²) in [6, 6.07) is 11.5. The summed E-state index contributed by atoms with van der Waals surface area (Å²) in [5.41, 5.74) is 0.752. The molecule has 0 aromatic heterocycles. The zero-order valence-corrected chi connectivity index (χ0v) is 13.3. The number of carbonyl (C=O) groups excluding carboxylic acids is 2. The van der Waals surface area contributed by atoms with E-state index in [1.54, 1.807) is 12.1 Å². The Morgan fingerprint density at radius 1 is 1.29 bits per heavy atom. The Morgan fingerprint density at radius 3 is 2.71 bits per heavy atom. The van der Waals surface area contributed by atoms with Crippen molar-refractivity contribution in [2.24, 2.45) is 0 Å². The second-order valence-electron chi connectivity index (χ2n) is 4.86. The molecule has 2 rings (SSSR count). The molecule has 2 aromatic carbocycles. The molecule has 0 bridgehead atoms. The summed E-state index contributed by atoms with van der Waals surface area (Å²) < 4.78 is 18.1. The van der Waals surface area contributed by atoms with Crippen molar-refractivity contribution in [1.82, 2.24) is 0 Å². The number of esters is 1. The van der Waals surface area contributed by atoms with Crippen LogP contribution in [0.3, 0.4) is 0 Å². The van der Waals surface area contributed by atoms with Crippen LogP contribution in [0.5, 0.6) is 0 Å². The van der Waals surface area contributed by atoms with Gasteiger partial charge in [0.1, 0.15) is 5.82 Å². The molecule has 0 unspecified atom stereocenters. The van der Waals surface area contributed by atoms with E-state index >= 15 is 0 Å². The largest absolute Gasteiger partial charge is 0.449 e. The predicted molar refractivity (Wildman–Crippen MR) is 86.1 cm³/mol. The highest BCUT2D eigenvalue weighted by Crippen LogP contribution is 2.19. The molecule has 1 atom stereocenters. The number of nitrogens with one attached hydrogen (secondary N) is 1. The fraction of sp³-hybridized carbons (Fsp3) is 0.118. The van der Waals surface area contributed by atoms with Crippen LogP contribution in [-0.2, 0) is 9.53 Å². The normalized spacial score (nSPS) is 11.2. The van der Waals surface area contributed by atoms with E-state index in [9.17, 15) is 14.0 Å². The molecule has 0 aliphatic heterocycles. The number of anilines is 1. The van der Waals surface area contributed by atoms with Crippen molar-refractivity contribution in [1.29, 1.82) is 5.26 Å². The molecule has 0 aliphatic carbocycles. The summed E-state index contributed by atoms with van der Waals surface area (Å²) in [4.78, 5) is 24.0. The number of benzene rings is 2. The second-order valence-corrected chi connectivity index (χ2v) is 5.27. The Bertz CT molecular complexity index is 833. The molecule has 0 saturated heterocycles. The van der Waals surface area contributed by atoms with Gasteiger partial charge in [-0.25, -0.2) is 9.18 Å². The molecular weight excluding hydrogens is 335 g/mol. The highest BCUT2D eigenvalue weighted by atomic mass is 35.5. The Labute approximate surface area is 142 Å². The topological polar surface area (TPSA) is 79.2 Å². The van der Waals surface area contributed by atoms with E-state index in [0.717, 1.165) is 6.07 Å². The molecule has 0 fully saturated rings. The second kappa shape index (κ2) is 7.57. The smallest absolute Gasteiger partial charge is 0.338 e. The molecule has 0 aliphatic rings. The maximum Gasteiger partial charge on any atom is 0.338 e. The lowest BCUT2D eigenvalue weighted by Gasteiger charge is -2.14. The van der Waals surface area contributed by atoms with Crippen LogP contribution < -0.4 is 5.32 Å². The Morgan fingerprint density at radius 2 is 2.04 bits per heavy atom. The van der Waals surface area contributed by atoms with Crippen LogP contribution in [0.2, 0.25) is 5.02 Å². The summed E-state index contributed by atoms with van der Waals surface area (Å²) in [6.07, 6.45) is -1.09. The molecule has 0 heterocycles. The van der Waals surface area contributed by atoms with Gasteiger partial charge < -0.3 is 10.1 Å². The molecule has 0 spiro atoms. The van der Waals surface area contributed by atoms with Crippen molar-refractivity contribution >= 4 is 29.2 Å². The number of nitriles is 1. The minimum Gasteiger partial charge on any atom is -0.449 e. The van der Waals surface area contributed by atoms with Crippen LogP contribution >= 0.6 is 11.6 Å². The first-order valence-electron chi connectivity index (χ1n) is 6.88. The molecule has 2 aromatic rings. The number of halogens is 2. The minimum absolute atomic E-state index is 0.134. The van der Waals surface area contributed by atoms with Gasteiger partial charge >= 0.3 is 5.97 Å². The number of ether oxygens (including phenoxy) is 1. The van der Waals surface area contributed by atoms with Gasteiger partial charge in [-0.15, -0.1) is 0 Å². The van der Waals surface area contributed by atoms with E-state index in [2.05, 4.69) is 5.32 Å². The highest BCUT2D eigenvalue weighted by Gasteiger charge is 2.19. The Balaban J connectivity index is 2.01. The van der Waals surface area contributed by atoms with Crippen molar-refractivity contribution in [2.75, 3.05) is 5.32 Å². The third kappa shape index (κ3) is 4.31. The summed E-state index contributed by atoms with van der Waals surface area (Å²) in [7, 11) is 0. The molecule has 5 nitrogen and oxygen atoms in total. The third-order valence-electron chi connectivity index (χ3n) is 3.07. The van der Waals surface area contributed by atoms with Crippen molar-refractivity contribution in [3.63, 3.8) is 0 Å². The predicted octanol–water partition coefficient (Wildman–Crippen LogP) is 3.53. The van der Waals surface area contributed by atoms with Crippen molar-refractivity contribution in [2.45, 2.75) is 13.0 Å². The minimum atomic E-state index is -1.09. The number of amides is 1. The summed E-state index contributed by atoms with van der Waals surface area (Å²) in [5.74, 6) is -1.93. The van der Waals surface area contributed by atoms with Crippen LogP contribution in [0.25, 0.3) is 0 Å². The van der Waals surface area contributed by atoms with Crippen molar-refractivity contribution < 1.29 is 18.7 Å². The molecule has 0 radical (unpaired) electrons. The zero-order chi connectivity index (χ0) is 17.7. The van der Waals surface area contributed by atoms with Gasteiger partial charge in [-0.05, 0) is 43.3 Å². The number of nitrogens with zero attached hydrogens (tertiary/aromatic N) is 1. The summed E-state index contributed by atoms with van der Waals surface area (Å²) in [6.45, 7) is 1.40. The van der Waals surface area contributed by atoms with Gasteiger partial charge in [0.05, 0.1) is 22.2 Å². The fourth-order valence-electron chi connectivity index (χ4n) is 1.82. The number of hydrogen-bond donors (Lipinski definition) is 1. The van der Waals surface area contributed by atoms with Crippen LogP contribution in [0.15, 0.2) is 42.5 Å². The van der Waals surface area contributed by atoms with Gasteiger partial charge in [0.2, 0.25) is 0 Å². The first kappa shape index (κ1) is 17.4. The monoisotopic (exact) mass is 346 g/mol. The van der Waals surface area contributed by atoms with E-state index in [0.29, 0.717) is 5.56 Å². The van der Waals surface area contributed by atoms with E-state index in [4.69, 9.17) is 21.6 Å². The van der Waals surface area contributed by atoms with Gasteiger partial charge in [-0.2, -0.15) is 5.26 Å². The molecule has 7 heteroatoms. The van der Waals surface area contributed by atoms with Gasteiger partial charge in [-0.3, -0.25) is 4.79 Å². The first-order valence-corrected chi connectivity index (χ1v) is 7.25. The maximum absolute atomic E-state index is 13.1. The van der Waals surface area contributed by atoms with Gasteiger partial charge in [0.15, 0.2) is 6.10 Å². The zero-order valence-electron chi connectivity index (χ0n) is 12.5. The number of rotatable bonds is 4. The fourth-order valence-corrected chi connectivity index (χ4v) is 2.00. The van der Waals surface area contributed by atoms with Gasteiger partial charge in [0, 0.05) is 5.69 Å². The first-order chi connectivity index (χ1) is 11.4. The van der Waals surface area contributed by atoms with Crippen LogP contribution in [0, 0.1) is 17.1 Å². The highest BCUT2D eigenvalue weighted by molar-refractivity contribution is 6.31. The number of hydrogen-bond acceptors (Lipinski definition) is 4. The number of carbonyl (C=O) groups is 2.